The van der Waals surface area contributed by atoms with Crippen LogP contribution >= 0.6 is 11.6 Å². The molecule has 1 N–H and O–H groups in total. The summed E-state index contributed by atoms with van der Waals surface area (Å²) in [6, 6.07) is 14.5. The maximum atomic E-state index is 15.6. The van der Waals surface area contributed by atoms with Crippen LogP contribution < -0.4 is 15.2 Å². The molecule has 0 unspecified atom stereocenters. The number of fused-ring (bicyclic) bond motifs is 1. The number of nitrogens with zero attached hydrogens (tertiary/aromatic N) is 6. The van der Waals surface area contributed by atoms with Gasteiger partial charge in [0.25, 0.3) is 0 Å². The molecule has 6 rings (SSSR count). The fourth-order valence-corrected chi connectivity index (χ4v) is 5.56. The van der Waals surface area contributed by atoms with Gasteiger partial charge in [0.15, 0.2) is 0 Å². The Labute approximate surface area is 237 Å². The number of piperazine rings is 1. The van der Waals surface area contributed by atoms with Gasteiger partial charge >= 0.3 is 5.97 Å². The summed E-state index contributed by atoms with van der Waals surface area (Å²) < 4.78 is 32.2. The minimum atomic E-state index is -1.43. The minimum absolute atomic E-state index is 0.0102. The van der Waals surface area contributed by atoms with Crippen LogP contribution in [0.5, 0.6) is 0 Å². The average molecular weight is 577 g/mol. The molecule has 2 aromatic heterocycles. The van der Waals surface area contributed by atoms with E-state index in [4.69, 9.17) is 11.6 Å². The second kappa shape index (κ2) is 10.7. The number of carbonyl (C=O) groups is 1. The molecule has 0 bridgehead atoms. The SMILES string of the molecule is O=C(O)c1cn(-c2ccc(Cn3cncn3)cc2)c2c(Cl)c(N3CCN(c4ccc(F)cc4)CC3)c(F)cc2c1=O. The van der Waals surface area contributed by atoms with Gasteiger partial charge in [-0.05, 0) is 48.0 Å². The smallest absolute Gasteiger partial charge is 0.341 e. The van der Waals surface area contributed by atoms with Crippen molar-refractivity contribution in [2.24, 2.45) is 0 Å². The summed E-state index contributed by atoms with van der Waals surface area (Å²) in [7, 11) is 0. The Morgan fingerprint density at radius 1 is 0.951 bits per heavy atom. The summed E-state index contributed by atoms with van der Waals surface area (Å²) >= 11 is 6.87. The van der Waals surface area contributed by atoms with E-state index in [-0.39, 0.29) is 27.4 Å². The molecule has 0 saturated carbocycles. The van der Waals surface area contributed by atoms with Crippen molar-refractivity contribution in [2.75, 3.05) is 36.0 Å². The lowest BCUT2D eigenvalue weighted by molar-refractivity contribution is 0.0695. The zero-order chi connectivity index (χ0) is 28.7. The van der Waals surface area contributed by atoms with Gasteiger partial charge in [-0.3, -0.25) is 4.79 Å². The fourth-order valence-electron chi connectivity index (χ4n) is 5.15. The molecule has 12 heteroatoms. The summed E-state index contributed by atoms with van der Waals surface area (Å²) in [5.74, 6) is -2.46. The van der Waals surface area contributed by atoms with Crippen LogP contribution in [0.1, 0.15) is 15.9 Å². The molecule has 1 saturated heterocycles. The lowest BCUT2D eigenvalue weighted by Gasteiger charge is -2.38. The molecule has 41 heavy (non-hydrogen) atoms. The number of pyridine rings is 1. The maximum Gasteiger partial charge on any atom is 0.341 e. The third-order valence-corrected chi connectivity index (χ3v) is 7.56. The molecule has 1 aliphatic heterocycles. The Balaban J connectivity index is 1.40. The molecule has 208 valence electrons. The highest BCUT2D eigenvalue weighted by molar-refractivity contribution is 6.38. The lowest BCUT2D eigenvalue weighted by Crippen LogP contribution is -2.47. The zero-order valence-electron chi connectivity index (χ0n) is 21.5. The van der Waals surface area contributed by atoms with E-state index < -0.39 is 22.8 Å². The number of aromatic nitrogens is 4. The molecular weight excluding hydrogens is 554 g/mol. The molecule has 1 fully saturated rings. The number of carboxylic acids is 1. The van der Waals surface area contributed by atoms with Gasteiger partial charge in [0.1, 0.15) is 29.9 Å². The van der Waals surface area contributed by atoms with Crippen molar-refractivity contribution < 1.29 is 18.7 Å². The van der Waals surface area contributed by atoms with Crippen LogP contribution in [0.4, 0.5) is 20.2 Å². The van der Waals surface area contributed by atoms with Crippen LogP contribution in [-0.2, 0) is 6.54 Å². The molecular formula is C29H23ClF2N6O3. The van der Waals surface area contributed by atoms with Gasteiger partial charge in [0, 0.05) is 43.8 Å². The largest absolute Gasteiger partial charge is 0.477 e. The van der Waals surface area contributed by atoms with Crippen LogP contribution in [0.2, 0.25) is 5.02 Å². The van der Waals surface area contributed by atoms with Gasteiger partial charge in [0.05, 0.1) is 28.2 Å². The maximum absolute atomic E-state index is 15.6. The first-order chi connectivity index (χ1) is 19.8. The van der Waals surface area contributed by atoms with Gasteiger partial charge in [-0.25, -0.2) is 23.2 Å². The first-order valence-corrected chi connectivity index (χ1v) is 13.2. The standard InChI is InChI=1S/C29H23ClF2N6O3/c30-25-26-22(13-24(32)27(25)36-11-9-35(10-12-36)20-7-3-19(31)4-8-20)28(39)23(29(40)41)15-38(26)21-5-1-18(2-6-21)14-37-17-33-16-34-37/h1-8,13,15-17H,9-12,14H2,(H,40,41). The molecule has 9 nitrogen and oxygen atoms in total. The van der Waals surface area contributed by atoms with E-state index in [1.165, 1.54) is 29.2 Å². The van der Waals surface area contributed by atoms with Crippen LogP contribution in [-0.4, -0.2) is 56.6 Å². The van der Waals surface area contributed by atoms with Crippen molar-refractivity contribution >= 4 is 39.8 Å². The van der Waals surface area contributed by atoms with E-state index in [1.807, 2.05) is 12.1 Å². The molecule has 5 aromatic rings. The van der Waals surface area contributed by atoms with Gasteiger partial charge in [-0.2, -0.15) is 5.10 Å². The number of hydrogen-bond acceptors (Lipinski definition) is 6. The van der Waals surface area contributed by atoms with Gasteiger partial charge in [-0.15, -0.1) is 0 Å². The number of rotatable bonds is 6. The zero-order valence-corrected chi connectivity index (χ0v) is 22.3. The summed E-state index contributed by atoms with van der Waals surface area (Å²) in [5.41, 5.74) is 1.35. The Hall–Kier alpha value is -4.77. The highest BCUT2D eigenvalue weighted by Crippen LogP contribution is 2.37. The van der Waals surface area contributed by atoms with Crippen molar-refractivity contribution in [3.63, 3.8) is 0 Å². The minimum Gasteiger partial charge on any atom is -0.477 e. The third-order valence-electron chi connectivity index (χ3n) is 7.20. The molecule has 3 aromatic carbocycles. The topological polar surface area (TPSA) is 96.5 Å². The summed E-state index contributed by atoms with van der Waals surface area (Å²) in [5, 5.41) is 13.7. The van der Waals surface area contributed by atoms with E-state index >= 15 is 4.39 Å². The van der Waals surface area contributed by atoms with Crippen LogP contribution in [0.15, 0.2) is 78.2 Å². The van der Waals surface area contributed by atoms with Crippen molar-refractivity contribution in [3.8, 4) is 5.69 Å². The van der Waals surface area contributed by atoms with Gasteiger partial charge in [0.2, 0.25) is 5.43 Å². The van der Waals surface area contributed by atoms with E-state index in [0.717, 1.165) is 17.3 Å². The lowest BCUT2D eigenvalue weighted by atomic mass is 10.1. The second-order valence-corrected chi connectivity index (χ2v) is 10.1. The molecule has 3 heterocycles. The Morgan fingerprint density at radius 3 is 2.24 bits per heavy atom. The van der Waals surface area contributed by atoms with E-state index in [2.05, 4.69) is 15.0 Å². The quantitative estimate of drug-likeness (QED) is 0.316. The summed E-state index contributed by atoms with van der Waals surface area (Å²) in [4.78, 5) is 32.9. The first-order valence-electron chi connectivity index (χ1n) is 12.8. The Kier molecular flexibility index (Phi) is 6.88. The van der Waals surface area contributed by atoms with Crippen molar-refractivity contribution in [3.05, 3.63) is 111 Å². The number of carboxylic acid groups (broad SMARTS) is 1. The Morgan fingerprint density at radius 2 is 1.61 bits per heavy atom. The monoisotopic (exact) mass is 576 g/mol. The van der Waals surface area contributed by atoms with E-state index in [9.17, 15) is 19.1 Å². The highest BCUT2D eigenvalue weighted by Gasteiger charge is 2.27. The van der Waals surface area contributed by atoms with Crippen LogP contribution in [0, 0.1) is 11.6 Å². The van der Waals surface area contributed by atoms with Crippen molar-refractivity contribution in [2.45, 2.75) is 6.54 Å². The summed E-state index contributed by atoms with van der Waals surface area (Å²) in [6.07, 6.45) is 4.26. The number of anilines is 2. The fraction of sp³-hybridized carbons (Fsp3) is 0.172. The Bertz CT molecular complexity index is 1800. The average Bonchev–Trinajstić information content (AvgIpc) is 3.48. The number of halogens is 3. The normalized spacial score (nSPS) is 13.6. The molecule has 0 radical (unpaired) electrons. The van der Waals surface area contributed by atoms with Gasteiger partial charge < -0.3 is 19.5 Å². The van der Waals surface area contributed by atoms with Gasteiger partial charge in [-0.1, -0.05) is 23.7 Å². The highest BCUT2D eigenvalue weighted by atomic mass is 35.5. The van der Waals surface area contributed by atoms with Crippen molar-refractivity contribution in [1.82, 2.24) is 19.3 Å². The molecule has 0 atom stereocenters. The predicted molar refractivity (Wildman–Crippen MR) is 151 cm³/mol. The van der Waals surface area contributed by atoms with E-state index in [0.29, 0.717) is 38.4 Å². The second-order valence-electron chi connectivity index (χ2n) is 9.67. The molecule has 0 aliphatic carbocycles. The van der Waals surface area contributed by atoms with Crippen LogP contribution in [0.25, 0.3) is 16.6 Å². The van der Waals surface area contributed by atoms with Crippen molar-refractivity contribution in [1.29, 1.82) is 0 Å². The molecule has 1 aliphatic rings. The molecule has 0 amide bonds. The summed E-state index contributed by atoms with van der Waals surface area (Å²) in [6.45, 7) is 2.41. The first kappa shape index (κ1) is 26.5. The number of aromatic carboxylic acids is 1. The number of hydrogen-bond donors (Lipinski definition) is 1. The van der Waals surface area contributed by atoms with E-state index in [1.54, 1.807) is 40.2 Å². The number of benzene rings is 3. The van der Waals surface area contributed by atoms with Crippen LogP contribution in [0.3, 0.4) is 0 Å². The molecule has 0 spiro atoms. The third kappa shape index (κ3) is 5.00. The predicted octanol–water partition coefficient (Wildman–Crippen LogP) is 4.59.